The van der Waals surface area contributed by atoms with Crippen LogP contribution < -0.4 is 18.9 Å². The fourth-order valence-electron chi connectivity index (χ4n) is 4.46. The Labute approximate surface area is 182 Å². The number of benzene rings is 3. The number of methoxy groups -OCH3 is 3. The minimum absolute atomic E-state index is 0.192. The summed E-state index contributed by atoms with van der Waals surface area (Å²) in [5, 5.41) is 0. The van der Waals surface area contributed by atoms with Crippen LogP contribution in [0.25, 0.3) is 0 Å². The molecule has 31 heavy (non-hydrogen) atoms. The maximum absolute atomic E-state index is 11.8. The molecule has 5 nitrogen and oxygen atoms in total. The van der Waals surface area contributed by atoms with Crippen molar-refractivity contribution in [3.05, 3.63) is 83.4 Å². The third-order valence-corrected chi connectivity index (χ3v) is 6.00. The van der Waals surface area contributed by atoms with E-state index in [1.165, 1.54) is 0 Å². The highest BCUT2D eigenvalue weighted by Gasteiger charge is 2.49. The molecule has 0 spiro atoms. The van der Waals surface area contributed by atoms with Gasteiger partial charge in [0.15, 0.2) is 0 Å². The Morgan fingerprint density at radius 1 is 0.935 bits per heavy atom. The van der Waals surface area contributed by atoms with Crippen molar-refractivity contribution in [1.82, 2.24) is 0 Å². The third kappa shape index (κ3) is 3.72. The van der Waals surface area contributed by atoms with Crippen molar-refractivity contribution in [2.24, 2.45) is 0 Å². The van der Waals surface area contributed by atoms with Crippen molar-refractivity contribution < 1.29 is 23.7 Å². The Hall–Kier alpha value is -3.47. The second kappa shape index (κ2) is 8.72. The SMILES string of the molecule is COc1ccc(C2(C(CC=O)c3ccccc3)Cc3c(OC)cc(OC)cc3O2)cc1. The molecule has 160 valence electrons. The zero-order valence-corrected chi connectivity index (χ0v) is 18.0. The highest BCUT2D eigenvalue weighted by atomic mass is 16.5. The van der Waals surface area contributed by atoms with Crippen LogP contribution in [0.2, 0.25) is 0 Å². The number of rotatable bonds is 8. The molecule has 3 aromatic rings. The van der Waals surface area contributed by atoms with Crippen molar-refractivity contribution in [3.8, 4) is 23.0 Å². The zero-order chi connectivity index (χ0) is 21.8. The molecule has 2 unspecified atom stereocenters. The van der Waals surface area contributed by atoms with Gasteiger partial charge in [-0.3, -0.25) is 0 Å². The van der Waals surface area contributed by atoms with Gasteiger partial charge in [0.1, 0.15) is 34.9 Å². The molecular formula is C26H26O5. The highest BCUT2D eigenvalue weighted by Crippen LogP contribution is 2.54. The summed E-state index contributed by atoms with van der Waals surface area (Å²) < 4.78 is 23.2. The van der Waals surface area contributed by atoms with Gasteiger partial charge < -0.3 is 23.7 Å². The molecule has 5 heteroatoms. The number of carbonyl (C=O) groups is 1. The molecule has 1 aliphatic heterocycles. The molecule has 3 aromatic carbocycles. The summed E-state index contributed by atoms with van der Waals surface area (Å²) in [4.78, 5) is 11.8. The van der Waals surface area contributed by atoms with Crippen LogP contribution in [0.1, 0.15) is 29.0 Å². The average Bonchev–Trinajstić information content (AvgIpc) is 3.22. The minimum atomic E-state index is -0.781. The lowest BCUT2D eigenvalue weighted by Crippen LogP contribution is -2.39. The van der Waals surface area contributed by atoms with Crippen LogP contribution in [-0.4, -0.2) is 27.6 Å². The Morgan fingerprint density at radius 2 is 1.65 bits per heavy atom. The predicted octanol–water partition coefficient (Wildman–Crippen LogP) is 4.92. The molecule has 1 heterocycles. The molecule has 0 aromatic heterocycles. The largest absolute Gasteiger partial charge is 0.497 e. The van der Waals surface area contributed by atoms with Crippen molar-refractivity contribution >= 4 is 6.29 Å². The number of hydrogen-bond acceptors (Lipinski definition) is 5. The second-order valence-corrected chi connectivity index (χ2v) is 7.57. The first kappa shape index (κ1) is 20.8. The summed E-state index contributed by atoms with van der Waals surface area (Å²) in [5.74, 6) is 2.65. The first-order valence-electron chi connectivity index (χ1n) is 10.2. The number of ether oxygens (including phenoxy) is 4. The summed E-state index contributed by atoms with van der Waals surface area (Å²) in [6, 6.07) is 21.6. The molecule has 0 aliphatic carbocycles. The lowest BCUT2D eigenvalue weighted by atomic mass is 9.73. The third-order valence-electron chi connectivity index (χ3n) is 6.00. The van der Waals surface area contributed by atoms with Crippen LogP contribution in [0, 0.1) is 0 Å². The van der Waals surface area contributed by atoms with Crippen molar-refractivity contribution in [2.45, 2.75) is 24.4 Å². The quantitative estimate of drug-likeness (QED) is 0.486. The summed E-state index contributed by atoms with van der Waals surface area (Å²) in [7, 11) is 4.90. The molecule has 0 radical (unpaired) electrons. The van der Waals surface area contributed by atoms with E-state index < -0.39 is 5.60 Å². The van der Waals surface area contributed by atoms with Gasteiger partial charge in [-0.2, -0.15) is 0 Å². The van der Waals surface area contributed by atoms with Gasteiger partial charge >= 0.3 is 0 Å². The molecule has 2 atom stereocenters. The molecule has 0 saturated heterocycles. The van der Waals surface area contributed by atoms with Gasteiger partial charge in [-0.05, 0) is 23.3 Å². The fourth-order valence-corrected chi connectivity index (χ4v) is 4.46. The molecule has 0 bridgehead atoms. The molecule has 0 fully saturated rings. The van der Waals surface area contributed by atoms with E-state index in [-0.39, 0.29) is 5.92 Å². The summed E-state index contributed by atoms with van der Waals surface area (Å²) in [5.41, 5.74) is 2.20. The summed E-state index contributed by atoms with van der Waals surface area (Å²) >= 11 is 0. The molecule has 0 saturated carbocycles. The number of aldehydes is 1. The van der Waals surface area contributed by atoms with Gasteiger partial charge in [0.2, 0.25) is 0 Å². The first-order valence-corrected chi connectivity index (χ1v) is 10.2. The lowest BCUT2D eigenvalue weighted by molar-refractivity contribution is -0.109. The number of carbonyl (C=O) groups excluding carboxylic acids is 1. The van der Waals surface area contributed by atoms with Gasteiger partial charge in [-0.25, -0.2) is 0 Å². The van der Waals surface area contributed by atoms with Crippen molar-refractivity contribution in [3.63, 3.8) is 0 Å². The van der Waals surface area contributed by atoms with E-state index in [1.807, 2.05) is 66.7 Å². The van der Waals surface area contributed by atoms with Gasteiger partial charge in [-0.15, -0.1) is 0 Å². The normalized spacial score (nSPS) is 17.9. The van der Waals surface area contributed by atoms with Crippen LogP contribution in [0.4, 0.5) is 0 Å². The molecular weight excluding hydrogens is 392 g/mol. The molecule has 0 amide bonds. The monoisotopic (exact) mass is 418 g/mol. The van der Waals surface area contributed by atoms with Crippen LogP contribution >= 0.6 is 0 Å². The van der Waals surface area contributed by atoms with Crippen LogP contribution in [0.3, 0.4) is 0 Å². The van der Waals surface area contributed by atoms with E-state index in [9.17, 15) is 4.79 Å². The number of fused-ring (bicyclic) bond motifs is 1. The zero-order valence-electron chi connectivity index (χ0n) is 18.0. The standard InChI is InChI=1S/C26H26O5/c1-28-20-11-9-19(10-12-20)26(23(13-14-27)18-7-5-4-6-8-18)17-22-24(30-3)15-21(29-2)16-25(22)31-26/h4-12,14-16,23H,13,17H2,1-3H3. The molecule has 4 rings (SSSR count). The average molecular weight is 418 g/mol. The molecule has 0 N–H and O–H groups in total. The molecule has 1 aliphatic rings. The van der Waals surface area contributed by atoms with Crippen LogP contribution in [0.15, 0.2) is 66.7 Å². The topological polar surface area (TPSA) is 54.0 Å². The van der Waals surface area contributed by atoms with Crippen LogP contribution in [0.5, 0.6) is 23.0 Å². The second-order valence-electron chi connectivity index (χ2n) is 7.57. The van der Waals surface area contributed by atoms with Crippen molar-refractivity contribution in [2.75, 3.05) is 21.3 Å². The lowest BCUT2D eigenvalue weighted by Gasteiger charge is -2.37. The predicted molar refractivity (Wildman–Crippen MR) is 118 cm³/mol. The Kier molecular flexibility index (Phi) is 5.85. The van der Waals surface area contributed by atoms with E-state index in [0.29, 0.717) is 30.1 Å². The fraction of sp³-hybridized carbons (Fsp3) is 0.269. The number of hydrogen-bond donors (Lipinski definition) is 0. The van der Waals surface area contributed by atoms with E-state index in [2.05, 4.69) is 0 Å². The Morgan fingerprint density at radius 3 is 2.26 bits per heavy atom. The van der Waals surface area contributed by atoms with Gasteiger partial charge in [0, 0.05) is 36.5 Å². The van der Waals surface area contributed by atoms with E-state index >= 15 is 0 Å². The Bertz CT molecular complexity index is 1050. The van der Waals surface area contributed by atoms with E-state index in [1.54, 1.807) is 21.3 Å². The summed E-state index contributed by atoms with van der Waals surface area (Å²) in [6.07, 6.45) is 1.85. The van der Waals surface area contributed by atoms with Gasteiger partial charge in [0.05, 0.1) is 21.3 Å². The van der Waals surface area contributed by atoms with Crippen molar-refractivity contribution in [1.29, 1.82) is 0 Å². The van der Waals surface area contributed by atoms with Gasteiger partial charge in [-0.1, -0.05) is 42.5 Å². The maximum atomic E-state index is 11.8. The van der Waals surface area contributed by atoms with Gasteiger partial charge in [0.25, 0.3) is 0 Å². The first-order chi connectivity index (χ1) is 15.1. The highest BCUT2D eigenvalue weighted by molar-refractivity contribution is 5.58. The van der Waals surface area contributed by atoms with E-state index in [0.717, 1.165) is 28.7 Å². The smallest absolute Gasteiger partial charge is 0.145 e. The maximum Gasteiger partial charge on any atom is 0.145 e. The van der Waals surface area contributed by atoms with E-state index in [4.69, 9.17) is 18.9 Å². The van der Waals surface area contributed by atoms with Crippen LogP contribution in [-0.2, 0) is 16.8 Å². The summed E-state index contributed by atoms with van der Waals surface area (Å²) in [6.45, 7) is 0. The Balaban J connectivity index is 1.90. The minimum Gasteiger partial charge on any atom is -0.497 e.